The Morgan fingerprint density at radius 3 is 2.82 bits per heavy atom. The summed E-state index contributed by atoms with van der Waals surface area (Å²) in [5.74, 6) is 1.27. The van der Waals surface area contributed by atoms with Gasteiger partial charge in [-0.2, -0.15) is 9.78 Å². The largest absolute Gasteiger partial charge is 0.497 e. The molecule has 2 N–H and O–H groups in total. The Balaban J connectivity index is 1.81. The third-order valence-electron chi connectivity index (χ3n) is 2.88. The van der Waals surface area contributed by atoms with E-state index in [4.69, 9.17) is 14.3 Å². The average molecular weight is 300 g/mol. The molecule has 2 aromatic heterocycles. The predicted octanol–water partition coefficient (Wildman–Crippen LogP) is 1.43. The molecule has 0 aliphatic rings. The van der Waals surface area contributed by atoms with E-state index in [0.29, 0.717) is 5.76 Å². The minimum atomic E-state index is -0.560. The zero-order chi connectivity index (χ0) is 15.5. The van der Waals surface area contributed by atoms with Crippen molar-refractivity contribution in [3.8, 4) is 23.0 Å². The van der Waals surface area contributed by atoms with Crippen molar-refractivity contribution >= 4 is 6.21 Å². The highest BCUT2D eigenvalue weighted by Crippen LogP contribution is 2.22. The summed E-state index contributed by atoms with van der Waals surface area (Å²) < 4.78 is 11.5. The van der Waals surface area contributed by atoms with E-state index in [1.54, 1.807) is 13.3 Å². The number of aromatic nitrogens is 3. The molecular weight excluding hydrogens is 288 g/mol. The van der Waals surface area contributed by atoms with E-state index < -0.39 is 5.69 Å². The molecule has 0 saturated heterocycles. The van der Waals surface area contributed by atoms with Crippen LogP contribution in [0.25, 0.3) is 11.3 Å². The molecular formula is C14H12N4O4. The highest BCUT2D eigenvalue weighted by Gasteiger charge is 2.05. The fourth-order valence-electron chi connectivity index (χ4n) is 1.81. The number of imidazole rings is 1. The van der Waals surface area contributed by atoms with Gasteiger partial charge in [0.25, 0.3) is 0 Å². The minimum Gasteiger partial charge on any atom is -0.497 e. The Hall–Kier alpha value is -3.29. The van der Waals surface area contributed by atoms with Gasteiger partial charge in [-0.1, -0.05) is 0 Å². The molecule has 0 aliphatic heterocycles. The van der Waals surface area contributed by atoms with Crippen molar-refractivity contribution < 1.29 is 14.3 Å². The fourth-order valence-corrected chi connectivity index (χ4v) is 1.81. The topological polar surface area (TPSA) is 106 Å². The Kier molecular flexibility index (Phi) is 3.48. The Bertz CT molecular complexity index is 858. The number of H-pyrrole nitrogens is 1. The number of oxazole rings is 1. The lowest BCUT2D eigenvalue weighted by Crippen LogP contribution is -2.11. The van der Waals surface area contributed by atoms with Gasteiger partial charge in [-0.25, -0.2) is 9.78 Å². The van der Waals surface area contributed by atoms with Crippen LogP contribution in [-0.4, -0.2) is 33.1 Å². The molecule has 3 aromatic rings. The molecule has 8 heteroatoms. The lowest BCUT2D eigenvalue weighted by Gasteiger charge is -1.99. The van der Waals surface area contributed by atoms with E-state index in [1.165, 1.54) is 6.21 Å². The van der Waals surface area contributed by atoms with Gasteiger partial charge < -0.3 is 14.3 Å². The normalized spacial score (nSPS) is 11.1. The molecule has 2 heterocycles. The van der Waals surface area contributed by atoms with Crippen LogP contribution in [0.3, 0.4) is 0 Å². The van der Waals surface area contributed by atoms with E-state index in [2.05, 4.69) is 15.1 Å². The zero-order valence-electron chi connectivity index (χ0n) is 11.6. The summed E-state index contributed by atoms with van der Waals surface area (Å²) in [7, 11) is 1.60. The smallest absolute Gasteiger partial charge is 0.349 e. The monoisotopic (exact) mass is 300 g/mol. The second-order valence-corrected chi connectivity index (χ2v) is 4.32. The Morgan fingerprint density at radius 1 is 1.41 bits per heavy atom. The van der Waals surface area contributed by atoms with Crippen LogP contribution in [-0.2, 0) is 0 Å². The number of ether oxygens (including phenoxy) is 1. The minimum absolute atomic E-state index is 0.235. The number of nitrogens with zero attached hydrogens (tertiary/aromatic N) is 3. The summed E-state index contributed by atoms with van der Waals surface area (Å²) in [6.45, 7) is 0. The van der Waals surface area contributed by atoms with Gasteiger partial charge in [0.2, 0.25) is 11.8 Å². The first-order valence-corrected chi connectivity index (χ1v) is 6.31. The number of aromatic hydroxyl groups is 1. The third-order valence-corrected chi connectivity index (χ3v) is 2.88. The van der Waals surface area contributed by atoms with Crippen molar-refractivity contribution in [2.75, 3.05) is 7.11 Å². The van der Waals surface area contributed by atoms with Gasteiger partial charge in [-0.3, -0.25) is 4.98 Å². The van der Waals surface area contributed by atoms with Crippen LogP contribution >= 0.6 is 0 Å². The molecule has 0 unspecified atom stereocenters. The lowest BCUT2D eigenvalue weighted by molar-refractivity contribution is 0.415. The van der Waals surface area contributed by atoms with E-state index in [9.17, 15) is 4.79 Å². The molecule has 3 rings (SSSR count). The van der Waals surface area contributed by atoms with Gasteiger partial charge in [0, 0.05) is 5.56 Å². The summed E-state index contributed by atoms with van der Waals surface area (Å²) >= 11 is 0. The van der Waals surface area contributed by atoms with Gasteiger partial charge in [-0.15, -0.1) is 0 Å². The zero-order valence-corrected chi connectivity index (χ0v) is 11.6. The summed E-state index contributed by atoms with van der Waals surface area (Å²) in [6.07, 6.45) is 3.98. The Labute approximate surface area is 124 Å². The summed E-state index contributed by atoms with van der Waals surface area (Å²) in [4.78, 5) is 17.5. The number of hydrogen-bond donors (Lipinski definition) is 2. The molecule has 0 saturated carbocycles. The van der Waals surface area contributed by atoms with Crippen molar-refractivity contribution in [1.82, 2.24) is 14.6 Å². The van der Waals surface area contributed by atoms with Crippen LogP contribution in [0.15, 0.2) is 51.0 Å². The number of aromatic amines is 1. The van der Waals surface area contributed by atoms with E-state index in [-0.39, 0.29) is 11.8 Å². The second-order valence-electron chi connectivity index (χ2n) is 4.32. The van der Waals surface area contributed by atoms with Gasteiger partial charge in [0.15, 0.2) is 5.76 Å². The van der Waals surface area contributed by atoms with Crippen molar-refractivity contribution in [3.63, 3.8) is 0 Å². The highest BCUT2D eigenvalue weighted by molar-refractivity contribution is 5.74. The van der Waals surface area contributed by atoms with Gasteiger partial charge in [0.1, 0.15) is 12.0 Å². The van der Waals surface area contributed by atoms with Gasteiger partial charge >= 0.3 is 5.69 Å². The molecule has 0 aliphatic carbocycles. The molecule has 0 spiro atoms. The summed E-state index contributed by atoms with van der Waals surface area (Å²) in [5.41, 5.74) is 0.278. The number of methoxy groups -OCH3 is 1. The van der Waals surface area contributed by atoms with E-state index in [1.807, 2.05) is 24.3 Å². The van der Waals surface area contributed by atoms with E-state index in [0.717, 1.165) is 22.2 Å². The van der Waals surface area contributed by atoms with Crippen molar-refractivity contribution in [2.24, 2.45) is 5.10 Å². The molecule has 8 nitrogen and oxygen atoms in total. The number of benzene rings is 1. The van der Waals surface area contributed by atoms with Crippen molar-refractivity contribution in [3.05, 3.63) is 53.0 Å². The first-order valence-electron chi connectivity index (χ1n) is 6.31. The average Bonchev–Trinajstić information content (AvgIpc) is 3.12. The quantitative estimate of drug-likeness (QED) is 0.709. The molecule has 1 aromatic carbocycles. The van der Waals surface area contributed by atoms with Gasteiger partial charge in [-0.05, 0) is 24.3 Å². The van der Waals surface area contributed by atoms with Crippen LogP contribution in [0.2, 0.25) is 0 Å². The molecule has 0 amide bonds. The Morgan fingerprint density at radius 2 is 2.18 bits per heavy atom. The second kappa shape index (κ2) is 5.60. The van der Waals surface area contributed by atoms with E-state index >= 15 is 0 Å². The molecule has 0 atom stereocenters. The number of hydrogen-bond acceptors (Lipinski definition) is 6. The predicted molar refractivity (Wildman–Crippen MR) is 78.2 cm³/mol. The molecule has 112 valence electrons. The van der Waals surface area contributed by atoms with Gasteiger partial charge in [0.05, 0.1) is 19.5 Å². The summed E-state index contributed by atoms with van der Waals surface area (Å²) in [5, 5.41) is 13.0. The lowest BCUT2D eigenvalue weighted by atomic mass is 10.2. The molecule has 22 heavy (non-hydrogen) atoms. The molecule has 0 bridgehead atoms. The van der Waals surface area contributed by atoms with Crippen LogP contribution in [0.4, 0.5) is 0 Å². The number of nitrogens with one attached hydrogen (secondary N) is 1. The maximum atomic E-state index is 11.3. The molecule has 0 radical (unpaired) electrons. The van der Waals surface area contributed by atoms with Crippen LogP contribution in [0.1, 0.15) is 5.89 Å². The third kappa shape index (κ3) is 2.75. The maximum absolute atomic E-state index is 11.3. The number of rotatable bonds is 4. The highest BCUT2D eigenvalue weighted by atomic mass is 16.5. The summed E-state index contributed by atoms with van der Waals surface area (Å²) in [6, 6.07) is 7.31. The van der Waals surface area contributed by atoms with Crippen LogP contribution < -0.4 is 10.4 Å². The van der Waals surface area contributed by atoms with Crippen molar-refractivity contribution in [1.29, 1.82) is 0 Å². The van der Waals surface area contributed by atoms with Crippen molar-refractivity contribution in [2.45, 2.75) is 0 Å². The first-order chi connectivity index (χ1) is 10.7. The standard InChI is InChI=1S/C14H12N4O4/c1-21-10-4-2-9(3-5-10)11-6-15-13(22-11)7-16-18-8-12(19)17-14(18)20/h2-8,19H,1H3,(H,17,20). The van der Waals surface area contributed by atoms with Crippen LogP contribution in [0, 0.1) is 0 Å². The SMILES string of the molecule is COc1ccc(-c2cnc(C=Nn3cc(O)[nH]c3=O)o2)cc1. The van der Waals surface area contributed by atoms with Crippen LogP contribution in [0.5, 0.6) is 11.6 Å². The first kappa shape index (κ1) is 13.7. The molecule has 0 fully saturated rings. The fraction of sp³-hybridized carbons (Fsp3) is 0.0714. The maximum Gasteiger partial charge on any atom is 0.349 e.